The Morgan fingerprint density at radius 3 is 3.08 bits per heavy atom. The molecule has 0 saturated heterocycles. The van der Waals surface area contributed by atoms with Crippen LogP contribution in [0.4, 0.5) is 4.39 Å². The number of nitrogens with zero attached hydrogens (tertiary/aromatic N) is 1. The summed E-state index contributed by atoms with van der Waals surface area (Å²) in [4.78, 5) is 1.16. The topological polar surface area (TPSA) is 3.24 Å². The molecule has 13 heavy (non-hydrogen) atoms. The van der Waals surface area contributed by atoms with Crippen molar-refractivity contribution < 1.29 is 4.39 Å². The van der Waals surface area contributed by atoms with Crippen LogP contribution in [0.1, 0.15) is 12.5 Å². The standard InChI is InChI=1S/C9H9BrFNS/c1-2-12-5-6-8(13-12)4-3-7(11)9(6)10/h3-4H,2,5H2,1H3. The third-order valence-corrected chi connectivity index (χ3v) is 4.15. The van der Waals surface area contributed by atoms with Gasteiger partial charge in [0.2, 0.25) is 0 Å². The van der Waals surface area contributed by atoms with Gasteiger partial charge in [-0.15, -0.1) is 0 Å². The van der Waals surface area contributed by atoms with Crippen LogP contribution in [0.15, 0.2) is 21.5 Å². The highest BCUT2D eigenvalue weighted by Gasteiger charge is 2.22. The van der Waals surface area contributed by atoms with Crippen molar-refractivity contribution in [3.63, 3.8) is 0 Å². The molecule has 70 valence electrons. The smallest absolute Gasteiger partial charge is 0.137 e. The maximum Gasteiger partial charge on any atom is 0.137 e. The van der Waals surface area contributed by atoms with E-state index >= 15 is 0 Å². The Hall–Kier alpha value is -0.0600. The van der Waals surface area contributed by atoms with E-state index in [2.05, 4.69) is 27.2 Å². The molecule has 0 amide bonds. The van der Waals surface area contributed by atoms with Crippen LogP contribution in [0, 0.1) is 5.82 Å². The van der Waals surface area contributed by atoms with Gasteiger partial charge in [0.15, 0.2) is 0 Å². The van der Waals surface area contributed by atoms with E-state index in [9.17, 15) is 4.39 Å². The predicted octanol–water partition coefficient (Wildman–Crippen LogP) is 3.43. The minimum Gasteiger partial charge on any atom is -0.242 e. The number of fused-ring (bicyclic) bond motifs is 1. The first-order valence-electron chi connectivity index (χ1n) is 4.12. The molecular weight excluding hydrogens is 253 g/mol. The van der Waals surface area contributed by atoms with Crippen molar-refractivity contribution in [2.75, 3.05) is 6.54 Å². The van der Waals surface area contributed by atoms with Gasteiger partial charge in [0.25, 0.3) is 0 Å². The SMILES string of the molecule is CCN1Cc2c(ccc(F)c2Br)S1. The number of hydrogen-bond donors (Lipinski definition) is 0. The highest BCUT2D eigenvalue weighted by atomic mass is 79.9. The van der Waals surface area contributed by atoms with Gasteiger partial charge >= 0.3 is 0 Å². The Bertz CT molecular complexity index is 343. The molecule has 0 radical (unpaired) electrons. The third kappa shape index (κ3) is 1.63. The maximum absolute atomic E-state index is 13.1. The van der Waals surface area contributed by atoms with Crippen LogP contribution in [0.2, 0.25) is 0 Å². The van der Waals surface area contributed by atoms with Gasteiger partial charge in [0.1, 0.15) is 5.82 Å². The second-order valence-corrected chi connectivity index (χ2v) is 4.82. The molecule has 0 bridgehead atoms. The second kappa shape index (κ2) is 3.59. The van der Waals surface area contributed by atoms with Crippen molar-refractivity contribution in [2.45, 2.75) is 18.4 Å². The molecule has 0 fully saturated rings. The summed E-state index contributed by atoms with van der Waals surface area (Å²) < 4.78 is 16.0. The van der Waals surface area contributed by atoms with Crippen molar-refractivity contribution in [1.29, 1.82) is 0 Å². The summed E-state index contributed by atoms with van der Waals surface area (Å²) in [5, 5.41) is 0. The van der Waals surface area contributed by atoms with Gasteiger partial charge in [-0.2, -0.15) is 0 Å². The highest BCUT2D eigenvalue weighted by Crippen LogP contribution is 2.40. The number of halogens is 2. The summed E-state index contributed by atoms with van der Waals surface area (Å²) in [7, 11) is 0. The molecule has 1 aromatic carbocycles. The first-order valence-corrected chi connectivity index (χ1v) is 5.68. The predicted molar refractivity (Wildman–Crippen MR) is 56.0 cm³/mol. The highest BCUT2D eigenvalue weighted by molar-refractivity contribution is 9.10. The first-order chi connectivity index (χ1) is 6.22. The maximum atomic E-state index is 13.1. The molecular formula is C9H9BrFNS. The number of hydrogen-bond acceptors (Lipinski definition) is 2. The van der Waals surface area contributed by atoms with Crippen molar-refractivity contribution in [2.24, 2.45) is 0 Å². The van der Waals surface area contributed by atoms with Crippen molar-refractivity contribution in [3.05, 3.63) is 28.0 Å². The molecule has 0 N–H and O–H groups in total. The summed E-state index contributed by atoms with van der Waals surface area (Å²) in [5.41, 5.74) is 1.08. The van der Waals surface area contributed by atoms with E-state index in [4.69, 9.17) is 0 Å². The van der Waals surface area contributed by atoms with E-state index in [1.165, 1.54) is 6.07 Å². The lowest BCUT2D eigenvalue weighted by Gasteiger charge is -2.07. The van der Waals surface area contributed by atoms with Crippen LogP contribution in [0.25, 0.3) is 0 Å². The Balaban J connectivity index is 2.40. The van der Waals surface area contributed by atoms with Gasteiger partial charge in [-0.3, -0.25) is 0 Å². The molecule has 0 saturated carbocycles. The third-order valence-electron chi connectivity index (χ3n) is 2.07. The molecule has 1 aliphatic heterocycles. The van der Waals surface area contributed by atoms with Crippen molar-refractivity contribution >= 4 is 27.9 Å². The zero-order valence-electron chi connectivity index (χ0n) is 7.18. The molecule has 4 heteroatoms. The van der Waals surface area contributed by atoms with E-state index in [0.29, 0.717) is 4.47 Å². The Kier molecular flexibility index (Phi) is 2.62. The lowest BCUT2D eigenvalue weighted by molar-refractivity contribution is 0.503. The van der Waals surface area contributed by atoms with Gasteiger partial charge < -0.3 is 0 Å². The second-order valence-electron chi connectivity index (χ2n) is 2.89. The van der Waals surface area contributed by atoms with E-state index in [1.54, 1.807) is 11.9 Å². The molecule has 1 aromatic rings. The van der Waals surface area contributed by atoms with Crippen LogP contribution < -0.4 is 0 Å². The molecule has 0 unspecified atom stereocenters. The zero-order valence-corrected chi connectivity index (χ0v) is 9.58. The summed E-state index contributed by atoms with van der Waals surface area (Å²) in [5.74, 6) is -0.169. The van der Waals surface area contributed by atoms with Gasteiger partial charge in [-0.25, -0.2) is 8.70 Å². The van der Waals surface area contributed by atoms with Crippen LogP contribution >= 0.6 is 27.9 Å². The van der Waals surface area contributed by atoms with Gasteiger partial charge in [-0.1, -0.05) is 6.92 Å². The first kappa shape index (κ1) is 9.49. The van der Waals surface area contributed by atoms with Crippen LogP contribution in [-0.2, 0) is 6.54 Å². The summed E-state index contributed by atoms with van der Waals surface area (Å²) in [6.07, 6.45) is 0. The molecule has 1 nitrogen and oxygen atoms in total. The van der Waals surface area contributed by atoms with Gasteiger partial charge in [-0.05, 0) is 45.6 Å². The lowest BCUT2D eigenvalue weighted by Crippen LogP contribution is -2.08. The van der Waals surface area contributed by atoms with Crippen molar-refractivity contribution in [3.8, 4) is 0 Å². The van der Waals surface area contributed by atoms with Crippen LogP contribution in [0.5, 0.6) is 0 Å². The quantitative estimate of drug-likeness (QED) is 0.713. The van der Waals surface area contributed by atoms with Crippen LogP contribution in [0.3, 0.4) is 0 Å². The lowest BCUT2D eigenvalue weighted by atomic mass is 10.2. The number of rotatable bonds is 1. The minimum atomic E-state index is -0.169. The van der Waals surface area contributed by atoms with Crippen molar-refractivity contribution in [1.82, 2.24) is 4.31 Å². The van der Waals surface area contributed by atoms with Gasteiger partial charge in [0, 0.05) is 18.0 Å². The molecule has 0 atom stereocenters. The van der Waals surface area contributed by atoms with Crippen LogP contribution in [-0.4, -0.2) is 10.8 Å². The van der Waals surface area contributed by atoms with E-state index in [-0.39, 0.29) is 5.82 Å². The fraction of sp³-hybridized carbons (Fsp3) is 0.333. The monoisotopic (exact) mass is 261 g/mol. The molecule has 1 aliphatic rings. The molecule has 0 spiro atoms. The van der Waals surface area contributed by atoms with E-state index in [0.717, 1.165) is 23.5 Å². The normalized spacial score (nSPS) is 16.2. The molecule has 2 rings (SSSR count). The average Bonchev–Trinajstić information content (AvgIpc) is 2.55. The van der Waals surface area contributed by atoms with E-state index < -0.39 is 0 Å². The Labute approximate surface area is 89.6 Å². The zero-order chi connectivity index (χ0) is 9.42. The molecule has 0 aromatic heterocycles. The van der Waals surface area contributed by atoms with Gasteiger partial charge in [0.05, 0.1) is 4.47 Å². The summed E-state index contributed by atoms with van der Waals surface area (Å²) in [6, 6.07) is 3.35. The van der Waals surface area contributed by atoms with E-state index in [1.807, 2.05) is 6.07 Å². The Morgan fingerprint density at radius 2 is 2.38 bits per heavy atom. The minimum absolute atomic E-state index is 0.169. The average molecular weight is 262 g/mol. The largest absolute Gasteiger partial charge is 0.242 e. The summed E-state index contributed by atoms with van der Waals surface area (Å²) in [6.45, 7) is 3.91. The Morgan fingerprint density at radius 1 is 1.62 bits per heavy atom. The molecule has 0 aliphatic carbocycles. The fourth-order valence-corrected chi connectivity index (χ4v) is 2.94. The fourth-order valence-electron chi connectivity index (χ4n) is 1.33. The number of benzene rings is 1. The molecule has 1 heterocycles. The summed E-state index contributed by atoms with van der Waals surface area (Å²) >= 11 is 4.97.